The molecule has 2 aliphatic rings. The molecule has 0 spiro atoms. The van der Waals surface area contributed by atoms with Crippen molar-refractivity contribution in [2.45, 2.75) is 77.8 Å². The largest absolute Gasteiger partial charge is 0.372 e. The van der Waals surface area contributed by atoms with Crippen LogP contribution in [-0.2, 0) is 14.2 Å². The molecular weight excluding hydrogens is 240 g/mol. The van der Waals surface area contributed by atoms with Gasteiger partial charge < -0.3 is 14.2 Å². The maximum Gasteiger partial charge on any atom is 0.112 e. The van der Waals surface area contributed by atoms with Gasteiger partial charge in [-0.1, -0.05) is 33.1 Å². The topological polar surface area (TPSA) is 27.7 Å². The summed E-state index contributed by atoms with van der Waals surface area (Å²) in [5, 5.41) is 0. The Morgan fingerprint density at radius 2 is 1.84 bits per heavy atom. The lowest BCUT2D eigenvalue weighted by molar-refractivity contribution is -0.0583. The molecule has 0 amide bonds. The summed E-state index contributed by atoms with van der Waals surface area (Å²) >= 11 is 0. The summed E-state index contributed by atoms with van der Waals surface area (Å²) < 4.78 is 17.8. The SMILES string of the molecule is CCCCC(C)C[C@H]1CO[C@H]2[C@@H]1OC[C@H]2OC(C)C. The van der Waals surface area contributed by atoms with Crippen LogP contribution >= 0.6 is 0 Å². The molecule has 0 bridgehead atoms. The molecule has 0 aromatic rings. The maximum atomic E-state index is 5.96. The Balaban J connectivity index is 1.80. The first-order valence-corrected chi connectivity index (χ1v) is 8.00. The third-order valence-electron chi connectivity index (χ3n) is 4.31. The number of unbranched alkanes of at least 4 members (excludes halogenated alkanes) is 1. The van der Waals surface area contributed by atoms with Gasteiger partial charge in [0, 0.05) is 5.92 Å². The van der Waals surface area contributed by atoms with Gasteiger partial charge in [0.05, 0.1) is 25.4 Å². The summed E-state index contributed by atoms with van der Waals surface area (Å²) in [4.78, 5) is 0. The van der Waals surface area contributed by atoms with E-state index in [1.165, 1.54) is 25.7 Å². The molecule has 3 heteroatoms. The van der Waals surface area contributed by atoms with Gasteiger partial charge in [0.15, 0.2) is 0 Å². The van der Waals surface area contributed by atoms with E-state index in [0.29, 0.717) is 12.5 Å². The summed E-state index contributed by atoms with van der Waals surface area (Å²) in [6.45, 7) is 10.3. The molecule has 1 unspecified atom stereocenters. The van der Waals surface area contributed by atoms with Crippen LogP contribution in [0.15, 0.2) is 0 Å². The number of ether oxygens (including phenoxy) is 3. The molecule has 5 atom stereocenters. The van der Waals surface area contributed by atoms with Gasteiger partial charge in [0.25, 0.3) is 0 Å². The van der Waals surface area contributed by atoms with Crippen LogP contribution in [0.25, 0.3) is 0 Å². The summed E-state index contributed by atoms with van der Waals surface area (Å²) in [6.07, 6.45) is 6.02. The monoisotopic (exact) mass is 270 g/mol. The fraction of sp³-hybridized carbons (Fsp3) is 1.00. The van der Waals surface area contributed by atoms with E-state index >= 15 is 0 Å². The number of hydrogen-bond acceptors (Lipinski definition) is 3. The van der Waals surface area contributed by atoms with Crippen LogP contribution in [0.5, 0.6) is 0 Å². The first-order valence-electron chi connectivity index (χ1n) is 8.00. The normalized spacial score (nSPS) is 35.8. The zero-order chi connectivity index (χ0) is 13.8. The van der Waals surface area contributed by atoms with Crippen LogP contribution in [-0.4, -0.2) is 37.6 Å². The Hall–Kier alpha value is -0.120. The summed E-state index contributed by atoms with van der Waals surface area (Å²) in [5.41, 5.74) is 0. The first kappa shape index (κ1) is 15.3. The predicted octanol–water partition coefficient (Wildman–Crippen LogP) is 3.41. The van der Waals surface area contributed by atoms with Crippen molar-refractivity contribution >= 4 is 0 Å². The molecule has 2 rings (SSSR count). The van der Waals surface area contributed by atoms with Crippen molar-refractivity contribution in [3.8, 4) is 0 Å². The smallest absolute Gasteiger partial charge is 0.112 e. The minimum Gasteiger partial charge on any atom is -0.372 e. The van der Waals surface area contributed by atoms with Crippen LogP contribution in [0, 0.1) is 11.8 Å². The van der Waals surface area contributed by atoms with E-state index in [-0.39, 0.29) is 24.4 Å². The Bertz CT molecular complexity index is 267. The van der Waals surface area contributed by atoms with Crippen LogP contribution in [0.2, 0.25) is 0 Å². The fourth-order valence-electron chi connectivity index (χ4n) is 3.40. The second-order valence-electron chi connectivity index (χ2n) is 6.56. The maximum absolute atomic E-state index is 5.96. The summed E-state index contributed by atoms with van der Waals surface area (Å²) in [6, 6.07) is 0. The Labute approximate surface area is 118 Å². The van der Waals surface area contributed by atoms with Gasteiger partial charge in [-0.3, -0.25) is 0 Å². The highest BCUT2D eigenvalue weighted by Gasteiger charge is 2.48. The minimum atomic E-state index is 0.140. The highest BCUT2D eigenvalue weighted by molar-refractivity contribution is 4.95. The second kappa shape index (κ2) is 7.05. The molecule has 19 heavy (non-hydrogen) atoms. The van der Waals surface area contributed by atoms with Gasteiger partial charge in [0.2, 0.25) is 0 Å². The van der Waals surface area contributed by atoms with Crippen LogP contribution in [0.4, 0.5) is 0 Å². The van der Waals surface area contributed by atoms with Crippen LogP contribution in [0.3, 0.4) is 0 Å². The van der Waals surface area contributed by atoms with Crippen LogP contribution in [0.1, 0.15) is 53.4 Å². The van der Waals surface area contributed by atoms with Gasteiger partial charge >= 0.3 is 0 Å². The third kappa shape index (κ3) is 3.93. The van der Waals surface area contributed by atoms with Crippen molar-refractivity contribution in [2.75, 3.05) is 13.2 Å². The van der Waals surface area contributed by atoms with Gasteiger partial charge in [-0.2, -0.15) is 0 Å². The molecule has 2 saturated heterocycles. The summed E-state index contributed by atoms with van der Waals surface area (Å²) in [7, 11) is 0. The fourth-order valence-corrected chi connectivity index (χ4v) is 3.40. The van der Waals surface area contributed by atoms with Crippen molar-refractivity contribution in [3.63, 3.8) is 0 Å². The average molecular weight is 270 g/mol. The van der Waals surface area contributed by atoms with Gasteiger partial charge in [-0.05, 0) is 26.2 Å². The van der Waals surface area contributed by atoms with Crippen molar-refractivity contribution in [1.29, 1.82) is 0 Å². The lowest BCUT2D eigenvalue weighted by atomic mass is 9.88. The summed E-state index contributed by atoms with van der Waals surface area (Å²) in [5.74, 6) is 1.35. The van der Waals surface area contributed by atoms with E-state index in [1.54, 1.807) is 0 Å². The number of hydrogen-bond donors (Lipinski definition) is 0. The zero-order valence-electron chi connectivity index (χ0n) is 12.9. The van der Waals surface area contributed by atoms with E-state index < -0.39 is 0 Å². The van der Waals surface area contributed by atoms with Gasteiger partial charge in [-0.25, -0.2) is 0 Å². The molecule has 2 fully saturated rings. The lowest BCUT2D eigenvalue weighted by Gasteiger charge is -2.20. The van der Waals surface area contributed by atoms with Gasteiger partial charge in [0.1, 0.15) is 12.2 Å². The zero-order valence-corrected chi connectivity index (χ0v) is 12.9. The van der Waals surface area contributed by atoms with Crippen molar-refractivity contribution < 1.29 is 14.2 Å². The molecule has 2 heterocycles. The number of rotatable bonds is 7. The standard InChI is InChI=1S/C16H30O3/c1-5-6-7-12(4)8-13-9-17-16-14(19-11(2)3)10-18-15(13)16/h11-16H,5-10H2,1-4H3/t12?,13-,14+,15+,16+/m0/s1. The molecule has 0 aromatic heterocycles. The first-order chi connectivity index (χ1) is 9.11. The average Bonchev–Trinajstić information content (AvgIpc) is 2.91. The molecule has 112 valence electrons. The van der Waals surface area contributed by atoms with E-state index in [1.807, 2.05) is 0 Å². The molecule has 0 aromatic carbocycles. The minimum absolute atomic E-state index is 0.140. The molecule has 0 saturated carbocycles. The quantitative estimate of drug-likeness (QED) is 0.709. The molecule has 0 aliphatic carbocycles. The Morgan fingerprint density at radius 1 is 1.11 bits per heavy atom. The van der Waals surface area contributed by atoms with Crippen molar-refractivity contribution in [1.82, 2.24) is 0 Å². The molecular formula is C16H30O3. The van der Waals surface area contributed by atoms with Crippen molar-refractivity contribution in [2.24, 2.45) is 11.8 Å². The molecule has 0 radical (unpaired) electrons. The molecule has 2 aliphatic heterocycles. The highest BCUT2D eigenvalue weighted by atomic mass is 16.6. The Kier molecular flexibility index (Phi) is 5.67. The number of fused-ring (bicyclic) bond motifs is 1. The van der Waals surface area contributed by atoms with Gasteiger partial charge in [-0.15, -0.1) is 0 Å². The van der Waals surface area contributed by atoms with E-state index in [9.17, 15) is 0 Å². The van der Waals surface area contributed by atoms with Crippen LogP contribution < -0.4 is 0 Å². The Morgan fingerprint density at radius 3 is 2.53 bits per heavy atom. The van der Waals surface area contributed by atoms with E-state index in [2.05, 4.69) is 27.7 Å². The predicted molar refractivity (Wildman–Crippen MR) is 76.3 cm³/mol. The molecule has 0 N–H and O–H groups in total. The van der Waals surface area contributed by atoms with Crippen molar-refractivity contribution in [3.05, 3.63) is 0 Å². The lowest BCUT2D eigenvalue weighted by Crippen LogP contribution is -2.33. The van der Waals surface area contributed by atoms with E-state index in [0.717, 1.165) is 12.5 Å². The highest BCUT2D eigenvalue weighted by Crippen LogP contribution is 2.36. The third-order valence-corrected chi connectivity index (χ3v) is 4.31. The molecule has 3 nitrogen and oxygen atoms in total. The van der Waals surface area contributed by atoms with E-state index in [4.69, 9.17) is 14.2 Å². The second-order valence-corrected chi connectivity index (χ2v) is 6.56.